The van der Waals surface area contributed by atoms with Crippen LogP contribution in [-0.2, 0) is 6.42 Å². The number of aromatic nitrogens is 1. The summed E-state index contributed by atoms with van der Waals surface area (Å²) in [6.45, 7) is 1.06. The van der Waals surface area contributed by atoms with E-state index in [1.165, 1.54) is 25.0 Å². The lowest BCUT2D eigenvalue weighted by atomic mass is 9.99. The molecule has 1 aromatic heterocycles. The third kappa shape index (κ3) is 2.17. The molecule has 3 nitrogen and oxygen atoms in total. The molecular formula is C13H15FN2O. The van der Waals surface area contributed by atoms with Gasteiger partial charge in [-0.05, 0) is 37.6 Å². The van der Waals surface area contributed by atoms with Crippen LogP contribution in [-0.4, -0.2) is 17.7 Å². The van der Waals surface area contributed by atoms with Crippen LogP contribution in [0.25, 0.3) is 11.0 Å². The Kier molecular flexibility index (Phi) is 2.81. The summed E-state index contributed by atoms with van der Waals surface area (Å²) in [5.41, 5.74) is 1.52. The molecule has 2 heterocycles. The summed E-state index contributed by atoms with van der Waals surface area (Å²) < 4.78 is 18.4. The zero-order valence-electron chi connectivity index (χ0n) is 9.58. The average molecular weight is 234 g/mol. The van der Waals surface area contributed by atoms with Crippen molar-refractivity contribution in [2.75, 3.05) is 6.54 Å². The average Bonchev–Trinajstić information content (AvgIpc) is 2.73. The van der Waals surface area contributed by atoms with Crippen LogP contribution < -0.4 is 5.32 Å². The third-order valence-corrected chi connectivity index (χ3v) is 3.36. The number of hydrogen-bond donors (Lipinski definition) is 1. The summed E-state index contributed by atoms with van der Waals surface area (Å²) in [7, 11) is 0. The van der Waals surface area contributed by atoms with Gasteiger partial charge in [0.25, 0.3) is 0 Å². The molecule has 1 aliphatic rings. The summed E-state index contributed by atoms with van der Waals surface area (Å²) in [5.74, 6) is -0.237. The maximum Gasteiger partial charge on any atom is 0.167 e. The molecule has 1 N–H and O–H groups in total. The number of nitrogens with zero attached hydrogens (tertiary/aromatic N) is 1. The van der Waals surface area contributed by atoms with Gasteiger partial charge < -0.3 is 9.84 Å². The van der Waals surface area contributed by atoms with E-state index in [2.05, 4.69) is 10.5 Å². The summed E-state index contributed by atoms with van der Waals surface area (Å²) in [6.07, 6.45) is 4.46. The van der Waals surface area contributed by atoms with Gasteiger partial charge in [0.1, 0.15) is 5.82 Å². The van der Waals surface area contributed by atoms with Crippen molar-refractivity contribution in [2.24, 2.45) is 0 Å². The number of hydrogen-bond acceptors (Lipinski definition) is 3. The molecule has 0 radical (unpaired) electrons. The lowest BCUT2D eigenvalue weighted by Crippen LogP contribution is -2.35. The van der Waals surface area contributed by atoms with Crippen LogP contribution in [0, 0.1) is 5.82 Å². The number of benzene rings is 1. The molecule has 1 unspecified atom stereocenters. The fourth-order valence-corrected chi connectivity index (χ4v) is 2.44. The molecule has 1 saturated heterocycles. The second-order valence-corrected chi connectivity index (χ2v) is 4.62. The van der Waals surface area contributed by atoms with Gasteiger partial charge in [0, 0.05) is 17.8 Å². The molecule has 0 bridgehead atoms. The first kappa shape index (κ1) is 10.7. The van der Waals surface area contributed by atoms with Crippen LogP contribution in [0.1, 0.15) is 25.0 Å². The Morgan fingerprint density at radius 2 is 2.35 bits per heavy atom. The number of halogens is 1. The van der Waals surface area contributed by atoms with E-state index in [1.54, 1.807) is 6.07 Å². The zero-order chi connectivity index (χ0) is 11.7. The van der Waals surface area contributed by atoms with E-state index in [4.69, 9.17) is 4.52 Å². The molecule has 90 valence electrons. The number of fused-ring (bicyclic) bond motifs is 1. The van der Waals surface area contributed by atoms with Crippen molar-refractivity contribution in [3.63, 3.8) is 0 Å². The summed E-state index contributed by atoms with van der Waals surface area (Å²) in [6, 6.07) is 4.98. The molecule has 0 amide bonds. The van der Waals surface area contributed by atoms with Gasteiger partial charge in [-0.2, -0.15) is 0 Å². The Morgan fingerprint density at radius 3 is 3.18 bits per heavy atom. The van der Waals surface area contributed by atoms with Crippen molar-refractivity contribution in [1.82, 2.24) is 10.5 Å². The molecule has 1 aromatic carbocycles. The zero-order valence-corrected chi connectivity index (χ0v) is 9.58. The monoisotopic (exact) mass is 234 g/mol. The molecule has 4 heteroatoms. The van der Waals surface area contributed by atoms with E-state index in [9.17, 15) is 4.39 Å². The first-order valence-corrected chi connectivity index (χ1v) is 6.10. The van der Waals surface area contributed by atoms with Gasteiger partial charge in [0.2, 0.25) is 0 Å². The van der Waals surface area contributed by atoms with E-state index in [-0.39, 0.29) is 5.82 Å². The van der Waals surface area contributed by atoms with Crippen LogP contribution in [0.5, 0.6) is 0 Å². The summed E-state index contributed by atoms with van der Waals surface area (Å²) in [4.78, 5) is 0. The fourth-order valence-electron chi connectivity index (χ4n) is 2.44. The van der Waals surface area contributed by atoms with Crippen LogP contribution in [0.15, 0.2) is 22.7 Å². The van der Waals surface area contributed by atoms with Gasteiger partial charge >= 0.3 is 0 Å². The molecule has 2 aromatic rings. The highest BCUT2D eigenvalue weighted by atomic mass is 19.1. The standard InChI is InChI=1S/C13H15FN2O/c14-9-4-5-13-11(7-9)12(16-17-13)8-10-3-1-2-6-15-10/h4-5,7,10,15H,1-3,6,8H2. The second-order valence-electron chi connectivity index (χ2n) is 4.62. The van der Waals surface area contributed by atoms with E-state index in [0.29, 0.717) is 11.6 Å². The Hall–Kier alpha value is -1.42. The fraction of sp³-hybridized carbons (Fsp3) is 0.462. The highest BCUT2D eigenvalue weighted by molar-refractivity contribution is 5.79. The van der Waals surface area contributed by atoms with Crippen molar-refractivity contribution in [1.29, 1.82) is 0 Å². The largest absolute Gasteiger partial charge is 0.356 e. The first-order valence-electron chi connectivity index (χ1n) is 6.10. The molecule has 0 saturated carbocycles. The molecule has 1 atom stereocenters. The Labute approximate surface area is 99.0 Å². The SMILES string of the molecule is Fc1ccc2onc(CC3CCCCN3)c2c1. The second kappa shape index (κ2) is 4.45. The molecule has 1 fully saturated rings. The molecule has 17 heavy (non-hydrogen) atoms. The van der Waals surface area contributed by atoms with Gasteiger partial charge in [0.05, 0.1) is 5.69 Å². The molecule has 0 aliphatic carbocycles. The van der Waals surface area contributed by atoms with Gasteiger partial charge in [-0.3, -0.25) is 0 Å². The van der Waals surface area contributed by atoms with Crippen LogP contribution in [0.2, 0.25) is 0 Å². The van der Waals surface area contributed by atoms with E-state index in [0.717, 1.165) is 30.5 Å². The predicted molar refractivity (Wildman–Crippen MR) is 63.3 cm³/mol. The highest BCUT2D eigenvalue weighted by Crippen LogP contribution is 2.22. The van der Waals surface area contributed by atoms with Crippen LogP contribution >= 0.6 is 0 Å². The van der Waals surface area contributed by atoms with Crippen molar-refractivity contribution in [3.8, 4) is 0 Å². The molecule has 0 spiro atoms. The van der Waals surface area contributed by atoms with Crippen LogP contribution in [0.4, 0.5) is 4.39 Å². The van der Waals surface area contributed by atoms with Gasteiger partial charge in [-0.25, -0.2) is 4.39 Å². The molecule has 1 aliphatic heterocycles. The Bertz CT molecular complexity index is 517. The summed E-state index contributed by atoms with van der Waals surface area (Å²) in [5, 5.41) is 8.31. The van der Waals surface area contributed by atoms with E-state index >= 15 is 0 Å². The number of rotatable bonds is 2. The smallest absolute Gasteiger partial charge is 0.167 e. The van der Waals surface area contributed by atoms with Crippen molar-refractivity contribution >= 4 is 11.0 Å². The predicted octanol–water partition coefficient (Wildman–Crippen LogP) is 2.65. The quantitative estimate of drug-likeness (QED) is 0.868. The maximum absolute atomic E-state index is 13.2. The topological polar surface area (TPSA) is 38.1 Å². The minimum atomic E-state index is -0.237. The number of nitrogens with one attached hydrogen (secondary N) is 1. The molecule has 3 rings (SSSR count). The van der Waals surface area contributed by atoms with E-state index in [1.807, 2.05) is 0 Å². The lowest BCUT2D eigenvalue weighted by molar-refractivity contribution is 0.384. The van der Waals surface area contributed by atoms with E-state index < -0.39 is 0 Å². The minimum Gasteiger partial charge on any atom is -0.356 e. The molecular weight excluding hydrogens is 219 g/mol. The van der Waals surface area contributed by atoms with Gasteiger partial charge in [0.15, 0.2) is 5.58 Å². The third-order valence-electron chi connectivity index (χ3n) is 3.36. The first-order chi connectivity index (χ1) is 8.33. The van der Waals surface area contributed by atoms with Gasteiger partial charge in [-0.15, -0.1) is 0 Å². The Morgan fingerprint density at radius 1 is 1.41 bits per heavy atom. The maximum atomic E-state index is 13.2. The Balaban J connectivity index is 1.86. The van der Waals surface area contributed by atoms with Crippen molar-refractivity contribution in [2.45, 2.75) is 31.7 Å². The summed E-state index contributed by atoms with van der Waals surface area (Å²) >= 11 is 0. The highest BCUT2D eigenvalue weighted by Gasteiger charge is 2.17. The normalized spacial score (nSPS) is 20.9. The van der Waals surface area contributed by atoms with Crippen molar-refractivity contribution < 1.29 is 8.91 Å². The lowest BCUT2D eigenvalue weighted by Gasteiger charge is -2.22. The van der Waals surface area contributed by atoms with Crippen LogP contribution in [0.3, 0.4) is 0 Å². The van der Waals surface area contributed by atoms with Crippen molar-refractivity contribution in [3.05, 3.63) is 29.7 Å². The number of piperidine rings is 1. The minimum absolute atomic E-state index is 0.237. The van der Waals surface area contributed by atoms with Gasteiger partial charge in [-0.1, -0.05) is 11.6 Å².